The summed E-state index contributed by atoms with van der Waals surface area (Å²) in [6, 6.07) is 76.2. The van der Waals surface area contributed by atoms with E-state index in [-0.39, 0.29) is 56.0 Å². The molecule has 0 bridgehead atoms. The second-order valence-electron chi connectivity index (χ2n) is 24.7. The molecule has 0 atom stereocenters. The van der Waals surface area contributed by atoms with E-state index < -0.39 is 26.3 Å². The second kappa shape index (κ2) is 52.6. The number of nitrogens with two attached hydrogens (primary N) is 2. The van der Waals surface area contributed by atoms with E-state index in [9.17, 15) is 38.7 Å². The third kappa shape index (κ3) is 38.3. The number of aliphatic hydroxyl groups is 1. The van der Waals surface area contributed by atoms with Gasteiger partial charge in [0.15, 0.2) is 8.32 Å². The number of nitroso groups, excluding NO2 is 2. The van der Waals surface area contributed by atoms with Gasteiger partial charge in [0.2, 0.25) is 23.6 Å². The maximum atomic E-state index is 12.8. The number of carboxylic acids is 2. The molecule has 0 unspecified atom stereocenters. The molecule has 107 heavy (non-hydrogen) atoms. The summed E-state index contributed by atoms with van der Waals surface area (Å²) in [5, 5.41) is 38.1. The Kier molecular flexibility index (Phi) is 44.2. The lowest BCUT2D eigenvalue weighted by Crippen LogP contribution is -2.41. The standard InChI is InChI=1S/C25H26N2O2.C17H19N3O4.C16H15NO3.C14H25NOSi.C8H9NO2.CH3I.2HNO/c1-2-17-27(23-11-7-4-8-12-23)25(29)19-21-13-15-22(16-14-21)26-24(28)18-20-9-5-3-6-10-20;18-24-17(23)19-14-8-6-13(7-9-14)12-16(22)20(10-11-21)15-4-2-1-3-5-15;18-15(10-12-4-2-1-3-5-12)17-14-8-6-13(7-9-14)11-16(19)20;1-14(2,3)17(4,5)16-12-11-15-13-9-7-6-8-10-13;9-7-3-1-6(2-4-7)5-8(10)11;3*1-2/h3-16H,2,17-19H2,1H3,(H,26,28);1-9,21H,10-12,18H2,(H,19,23);1-9H,10-11H2,(H,17,18)(H,19,20);6-10,15H,11-12H2,1-5H3;1-4H,5,9H2,(H,10,11);1H3;2*1H/i;;;;;1D;;. The van der Waals surface area contributed by atoms with E-state index in [4.69, 9.17) is 37.5 Å². The molecule has 0 fully saturated rings. The number of halogens is 1. The Hall–Kier alpha value is -11.3. The van der Waals surface area contributed by atoms with Crippen LogP contribution in [-0.2, 0) is 76.6 Å². The van der Waals surface area contributed by atoms with Gasteiger partial charge in [0.25, 0.3) is 0 Å². The molecule has 5 amide bonds. The Morgan fingerprint density at radius 2 is 0.794 bits per heavy atom. The number of carboxylic acid groups (broad SMARTS) is 2. The van der Waals surface area contributed by atoms with E-state index in [1.54, 1.807) is 72.8 Å². The van der Waals surface area contributed by atoms with Gasteiger partial charge in [-0.15, -0.1) is 0 Å². The van der Waals surface area contributed by atoms with Crippen LogP contribution in [0.2, 0.25) is 18.1 Å². The normalized spacial score (nSPS) is 10.2. The number of hydrogen-bond acceptors (Lipinski definition) is 17. The molecule has 0 saturated carbocycles. The van der Waals surface area contributed by atoms with Crippen LogP contribution in [-0.4, -0.2) is 103 Å². The number of nitrogen functional groups attached to an aromatic ring is 1. The number of anilines is 7. The van der Waals surface area contributed by atoms with Gasteiger partial charge in [0, 0.05) is 60.8 Å². The molecule has 0 aromatic heterocycles. The molecule has 24 nitrogen and oxygen atoms in total. The molecule has 9 aromatic carbocycles. The Balaban J connectivity index is 0.000000460. The molecule has 0 aliphatic rings. The van der Waals surface area contributed by atoms with Gasteiger partial charge in [-0.2, -0.15) is 15.7 Å². The van der Waals surface area contributed by atoms with Gasteiger partial charge in [-0.1, -0.05) is 225 Å². The topological polar surface area (TPSA) is 387 Å². The highest BCUT2D eigenvalue weighted by molar-refractivity contribution is 14.1. The Morgan fingerprint density at radius 3 is 1.13 bits per heavy atom. The van der Waals surface area contributed by atoms with E-state index >= 15 is 0 Å². The van der Waals surface area contributed by atoms with Crippen molar-refractivity contribution >= 4 is 112 Å². The van der Waals surface area contributed by atoms with Crippen LogP contribution in [0.1, 0.15) is 68.9 Å². The summed E-state index contributed by atoms with van der Waals surface area (Å²) in [5.41, 5.74) is 24.9. The summed E-state index contributed by atoms with van der Waals surface area (Å²) in [4.78, 5) is 104. The number of hydrogen-bond donors (Lipinski definition) is 11. The number of amides is 5. The van der Waals surface area contributed by atoms with E-state index in [1.165, 1.54) is 4.90 Å². The van der Waals surface area contributed by atoms with Crippen molar-refractivity contribution in [2.45, 2.75) is 90.8 Å². The lowest BCUT2D eigenvalue weighted by atomic mass is 10.1. The highest BCUT2D eigenvalue weighted by Crippen LogP contribution is 2.36. The minimum Gasteiger partial charge on any atom is -0.481 e. The maximum Gasteiger partial charge on any atom is 0.430 e. The fourth-order valence-corrected chi connectivity index (χ4v) is 10.4. The summed E-state index contributed by atoms with van der Waals surface area (Å²) in [7, 11) is -1.58. The molecular formula is C81H99IN10O14Si. The predicted octanol–water partition coefficient (Wildman–Crippen LogP) is 15.8. The first-order valence-electron chi connectivity index (χ1n) is 34.5. The fourth-order valence-electron chi connectivity index (χ4n) is 9.37. The first kappa shape index (κ1) is 89.9. The predicted molar refractivity (Wildman–Crippen MR) is 437 cm³/mol. The van der Waals surface area contributed by atoms with Crippen molar-refractivity contribution in [1.29, 1.82) is 11.2 Å². The Labute approximate surface area is 642 Å². The number of nitrogens with one attached hydrogen (secondary N) is 6. The number of benzene rings is 9. The minimum absolute atomic E-state index is 0.0156. The van der Waals surface area contributed by atoms with E-state index in [0.717, 1.165) is 70.1 Å². The summed E-state index contributed by atoms with van der Waals surface area (Å²) in [6.45, 7) is 15.9. The molecule has 13 N–H and O–H groups in total. The van der Waals surface area contributed by atoms with Gasteiger partial charge in [-0.05, 0) is 148 Å². The molecule has 0 saturated heterocycles. The van der Waals surface area contributed by atoms with Crippen LogP contribution in [0.25, 0.3) is 0 Å². The van der Waals surface area contributed by atoms with Gasteiger partial charge >= 0.3 is 18.0 Å². The van der Waals surface area contributed by atoms with Crippen LogP contribution < -0.4 is 42.7 Å². The zero-order valence-electron chi connectivity index (χ0n) is 62.1. The average molecular weight is 1590 g/mol. The lowest BCUT2D eigenvalue weighted by molar-refractivity contribution is -0.137. The SMILES string of the molecule is CC(C)(C)[Si](C)(C)OCCNc1ccccc1.CCCN(C(=O)Cc1ccc(NC(=O)Cc2ccccc2)cc1)c1ccccc1.N=O.N=O.NOC(=O)Nc1ccc(CC(=O)N(CCO)c2ccccc2)cc1.Nc1ccc(CC(=O)O)cc1.O=C(O)Cc1ccc(NC(=O)Cc2ccccc2)cc1.[2H]CI. The number of rotatable bonds is 26. The Morgan fingerprint density at radius 1 is 0.477 bits per heavy atom. The third-order valence-corrected chi connectivity index (χ3v) is 20.1. The van der Waals surface area contributed by atoms with Crippen molar-refractivity contribution in [3.8, 4) is 0 Å². The number of alkyl halides is 1. The van der Waals surface area contributed by atoms with Gasteiger partial charge in [0.05, 0.1) is 51.7 Å². The number of aliphatic carboxylic acids is 2. The van der Waals surface area contributed by atoms with Crippen molar-refractivity contribution in [1.82, 2.24) is 0 Å². The van der Waals surface area contributed by atoms with Gasteiger partial charge in [0.1, 0.15) is 0 Å². The molecule has 0 heterocycles. The summed E-state index contributed by atoms with van der Waals surface area (Å²) in [6.07, 6.45) is 1.33. The van der Waals surface area contributed by atoms with Crippen molar-refractivity contribution < 1.29 is 59.5 Å². The molecule has 0 aliphatic carbocycles. The average Bonchev–Trinajstić information content (AvgIpc) is 0.854. The van der Waals surface area contributed by atoms with E-state index in [1.807, 2.05) is 191 Å². The van der Waals surface area contributed by atoms with Crippen molar-refractivity contribution in [2.24, 2.45) is 5.90 Å². The first-order chi connectivity index (χ1) is 51.8. The van der Waals surface area contributed by atoms with Gasteiger partial charge < -0.3 is 56.1 Å². The monoisotopic (exact) mass is 1590 g/mol. The second-order valence-corrected chi connectivity index (χ2v) is 29.5. The number of aliphatic hydroxyl groups excluding tert-OH is 1. The van der Waals surface area contributed by atoms with Gasteiger partial charge in [-0.3, -0.25) is 34.1 Å². The molecule has 9 aromatic rings. The summed E-state index contributed by atoms with van der Waals surface area (Å²) < 4.78 is 12.3. The quantitative estimate of drug-likeness (QED) is 0.00456. The largest absolute Gasteiger partial charge is 0.481 e. The van der Waals surface area contributed by atoms with Crippen molar-refractivity contribution in [3.05, 3.63) is 292 Å². The van der Waals surface area contributed by atoms with Crippen LogP contribution in [0.3, 0.4) is 0 Å². The van der Waals surface area contributed by atoms with E-state index in [0.29, 0.717) is 58.4 Å². The molecule has 568 valence electrons. The molecule has 0 aliphatic heterocycles. The maximum absolute atomic E-state index is 12.8. The molecular weight excluding hydrogens is 1490 g/mol. The number of carbonyl (C=O) groups excluding carboxylic acids is 5. The van der Waals surface area contributed by atoms with Crippen molar-refractivity contribution in [2.75, 3.05) is 74.6 Å². The van der Waals surface area contributed by atoms with Gasteiger partial charge in [-0.25, -0.2) is 4.79 Å². The number of nitrogens with zero attached hydrogens (tertiary/aromatic N) is 2. The summed E-state index contributed by atoms with van der Waals surface area (Å²) in [5.74, 6) is 2.84. The smallest absolute Gasteiger partial charge is 0.430 e. The highest BCUT2D eigenvalue weighted by Gasteiger charge is 2.37. The highest BCUT2D eigenvalue weighted by atomic mass is 127. The van der Waals surface area contributed by atoms with Crippen LogP contribution >= 0.6 is 22.6 Å². The molecule has 0 radical (unpaired) electrons. The van der Waals surface area contributed by atoms with E-state index in [2.05, 4.69) is 90.2 Å². The zero-order chi connectivity index (χ0) is 80.1. The molecule has 9 rings (SSSR count). The summed E-state index contributed by atoms with van der Waals surface area (Å²) >= 11 is 1.96. The molecule has 26 heteroatoms. The third-order valence-electron chi connectivity index (χ3n) is 15.6. The Bertz CT molecular complexity index is 4010. The van der Waals surface area contributed by atoms with Crippen LogP contribution in [0.4, 0.5) is 44.6 Å². The number of para-hydroxylation sites is 3. The first-order valence-corrected chi connectivity index (χ1v) is 38.2. The van der Waals surface area contributed by atoms with Crippen LogP contribution in [0.15, 0.2) is 249 Å². The van der Waals surface area contributed by atoms with Crippen LogP contribution in [0.5, 0.6) is 0 Å². The lowest BCUT2D eigenvalue weighted by Gasteiger charge is -2.36. The molecule has 0 spiro atoms. The van der Waals surface area contributed by atoms with Crippen LogP contribution in [0, 0.1) is 21.0 Å². The zero-order valence-corrected chi connectivity index (χ0v) is 64.3. The minimum atomic E-state index is -1.58. The van der Waals surface area contributed by atoms with Crippen molar-refractivity contribution in [3.63, 3.8) is 0 Å². The number of carbonyl (C=O) groups is 7. The fraction of sp³-hybridized carbons (Fsp3) is 0.247.